The summed E-state index contributed by atoms with van der Waals surface area (Å²) in [5, 5.41) is 1.18. The lowest BCUT2D eigenvalue weighted by molar-refractivity contribution is -0.143. The predicted octanol–water partition coefficient (Wildman–Crippen LogP) is 7.02. The molecule has 198 valence electrons. The average Bonchev–Trinajstić information content (AvgIpc) is 3.33. The fraction of sp³-hybridized carbons (Fsp3) is 0.212. The van der Waals surface area contributed by atoms with Crippen LogP contribution in [0, 0.1) is 5.82 Å². The summed E-state index contributed by atoms with van der Waals surface area (Å²) < 4.78 is 26.3. The molecule has 0 bridgehead atoms. The molecule has 39 heavy (non-hydrogen) atoms. The van der Waals surface area contributed by atoms with Crippen LogP contribution in [0.4, 0.5) is 4.39 Å². The number of benzene rings is 3. The quantitative estimate of drug-likeness (QED) is 0.175. The van der Waals surface area contributed by atoms with Crippen LogP contribution >= 0.6 is 0 Å². The molecule has 0 aliphatic carbocycles. The lowest BCUT2D eigenvalue weighted by Crippen LogP contribution is -2.05. The number of nitrogens with zero attached hydrogens (tertiary/aromatic N) is 2. The zero-order chi connectivity index (χ0) is 27.0. The van der Waals surface area contributed by atoms with Crippen molar-refractivity contribution in [2.75, 3.05) is 6.61 Å². The lowest BCUT2D eigenvalue weighted by atomic mass is 10.0. The topological polar surface area (TPSA) is 53.3 Å². The molecule has 6 heteroatoms. The first-order chi connectivity index (χ1) is 19.1. The van der Waals surface area contributed by atoms with Gasteiger partial charge in [0.2, 0.25) is 0 Å². The lowest BCUT2D eigenvalue weighted by Gasteiger charge is -2.09. The Morgan fingerprint density at radius 2 is 1.69 bits per heavy atom. The van der Waals surface area contributed by atoms with E-state index >= 15 is 0 Å². The molecule has 5 aromatic rings. The third kappa shape index (κ3) is 6.71. The van der Waals surface area contributed by atoms with Gasteiger partial charge in [0, 0.05) is 35.6 Å². The van der Waals surface area contributed by atoms with Gasteiger partial charge in [0.15, 0.2) is 0 Å². The van der Waals surface area contributed by atoms with Crippen molar-refractivity contribution in [1.82, 2.24) is 9.55 Å². The molecule has 0 radical (unpaired) electrons. The molecular weight excluding hydrogens is 491 g/mol. The van der Waals surface area contributed by atoms with Crippen molar-refractivity contribution in [3.05, 3.63) is 126 Å². The summed E-state index contributed by atoms with van der Waals surface area (Å²) in [6, 6.07) is 26.7. The van der Waals surface area contributed by atoms with Crippen molar-refractivity contribution in [3.63, 3.8) is 0 Å². The Balaban J connectivity index is 1.38. The molecule has 0 unspecified atom stereocenters. The molecule has 0 amide bonds. The molecule has 0 atom stereocenters. The van der Waals surface area contributed by atoms with Crippen LogP contribution in [0.2, 0.25) is 0 Å². The molecule has 0 N–H and O–H groups in total. The number of aromatic nitrogens is 2. The zero-order valence-corrected chi connectivity index (χ0v) is 22.0. The van der Waals surface area contributed by atoms with Gasteiger partial charge in [0.1, 0.15) is 18.2 Å². The Bertz CT molecular complexity index is 1530. The molecule has 0 saturated carbocycles. The van der Waals surface area contributed by atoms with Crippen LogP contribution in [-0.2, 0) is 35.4 Å². The largest absolute Gasteiger partial charge is 0.489 e. The van der Waals surface area contributed by atoms with E-state index in [-0.39, 0.29) is 11.8 Å². The molecular formula is C33H31FN2O3. The first-order valence-corrected chi connectivity index (χ1v) is 13.2. The van der Waals surface area contributed by atoms with Gasteiger partial charge in [-0.25, -0.2) is 4.39 Å². The summed E-state index contributed by atoms with van der Waals surface area (Å²) >= 11 is 0. The summed E-state index contributed by atoms with van der Waals surface area (Å²) in [4.78, 5) is 16.4. The van der Waals surface area contributed by atoms with E-state index in [1.54, 1.807) is 12.1 Å². The van der Waals surface area contributed by atoms with Crippen LogP contribution in [0.25, 0.3) is 16.6 Å². The van der Waals surface area contributed by atoms with Gasteiger partial charge < -0.3 is 14.0 Å². The molecule has 0 aliphatic rings. The van der Waals surface area contributed by atoms with E-state index in [0.717, 1.165) is 40.9 Å². The van der Waals surface area contributed by atoms with Gasteiger partial charge in [-0.3, -0.25) is 9.78 Å². The van der Waals surface area contributed by atoms with Crippen LogP contribution in [0.5, 0.6) is 5.75 Å². The molecule has 5 rings (SSSR count). The monoisotopic (exact) mass is 522 g/mol. The Morgan fingerprint density at radius 1 is 0.897 bits per heavy atom. The Kier molecular flexibility index (Phi) is 8.32. The van der Waals surface area contributed by atoms with Crippen LogP contribution < -0.4 is 4.74 Å². The first kappa shape index (κ1) is 26.2. The number of carbonyl (C=O) groups is 1. The number of hydrogen-bond donors (Lipinski definition) is 0. The second kappa shape index (κ2) is 12.4. The highest BCUT2D eigenvalue weighted by Crippen LogP contribution is 2.28. The van der Waals surface area contributed by atoms with Gasteiger partial charge in [0.25, 0.3) is 0 Å². The summed E-state index contributed by atoms with van der Waals surface area (Å²) in [5.41, 5.74) is 6.59. The van der Waals surface area contributed by atoms with Crippen LogP contribution in [0.1, 0.15) is 35.7 Å². The van der Waals surface area contributed by atoms with Crippen LogP contribution in [-0.4, -0.2) is 22.1 Å². The average molecular weight is 523 g/mol. The number of fused-ring (bicyclic) bond motifs is 1. The molecule has 0 aliphatic heterocycles. The fourth-order valence-electron chi connectivity index (χ4n) is 4.65. The summed E-state index contributed by atoms with van der Waals surface area (Å²) in [6.07, 6.45) is 6.73. The Hall–Kier alpha value is -4.45. The summed E-state index contributed by atoms with van der Waals surface area (Å²) in [6.45, 7) is 2.62. The van der Waals surface area contributed by atoms with Crippen molar-refractivity contribution in [1.29, 1.82) is 0 Å². The minimum atomic E-state index is -0.281. The maximum Gasteiger partial charge on any atom is 0.306 e. The highest BCUT2D eigenvalue weighted by Gasteiger charge is 2.13. The normalized spacial score (nSPS) is 11.0. The molecule has 2 aromatic heterocycles. The van der Waals surface area contributed by atoms with Crippen molar-refractivity contribution in [3.8, 4) is 11.4 Å². The van der Waals surface area contributed by atoms with E-state index < -0.39 is 0 Å². The number of ether oxygens (including phenoxy) is 2. The van der Waals surface area contributed by atoms with E-state index in [1.807, 2.05) is 37.4 Å². The van der Waals surface area contributed by atoms with Crippen molar-refractivity contribution in [2.45, 2.75) is 39.2 Å². The third-order valence-corrected chi connectivity index (χ3v) is 6.68. The Labute approximate surface area is 227 Å². The fourth-order valence-corrected chi connectivity index (χ4v) is 4.65. The van der Waals surface area contributed by atoms with E-state index in [2.05, 4.69) is 52.1 Å². The summed E-state index contributed by atoms with van der Waals surface area (Å²) in [7, 11) is 0. The van der Waals surface area contributed by atoms with Crippen molar-refractivity contribution in [2.24, 2.45) is 0 Å². The van der Waals surface area contributed by atoms with Crippen LogP contribution in [0.3, 0.4) is 0 Å². The Morgan fingerprint density at radius 3 is 2.44 bits per heavy atom. The van der Waals surface area contributed by atoms with Gasteiger partial charge >= 0.3 is 5.97 Å². The van der Waals surface area contributed by atoms with E-state index in [9.17, 15) is 9.18 Å². The SMILES string of the molecule is CCOC(=O)CCc1ccc2c(c1)c(CCc1ccccn1)cn2-c1ccc(COc2ccc(F)cc2)cc1. The number of carbonyl (C=O) groups excluding carboxylic acids is 1. The minimum Gasteiger partial charge on any atom is -0.489 e. The number of pyridine rings is 1. The maximum absolute atomic E-state index is 13.1. The first-order valence-electron chi connectivity index (χ1n) is 13.2. The number of rotatable bonds is 11. The number of esters is 1. The van der Waals surface area contributed by atoms with E-state index in [0.29, 0.717) is 31.8 Å². The van der Waals surface area contributed by atoms with E-state index in [1.165, 1.54) is 23.1 Å². The second-order valence-electron chi connectivity index (χ2n) is 9.41. The standard InChI is InChI=1S/C33H31FN2O3/c1-2-38-33(37)19-9-24-8-18-32-31(21-24)26(10-13-28-5-3-4-20-35-28)22-36(32)29-14-6-25(7-15-29)23-39-30-16-11-27(34)12-17-30/h3-8,11-12,14-18,20-22H,2,9-10,13,19,23H2,1H3. The predicted molar refractivity (Wildman–Crippen MR) is 151 cm³/mol. The number of halogens is 1. The van der Waals surface area contributed by atoms with Gasteiger partial charge in [-0.2, -0.15) is 0 Å². The molecule has 0 spiro atoms. The van der Waals surface area contributed by atoms with Gasteiger partial charge in [-0.15, -0.1) is 0 Å². The third-order valence-electron chi connectivity index (χ3n) is 6.68. The molecule has 0 fully saturated rings. The van der Waals surface area contributed by atoms with Gasteiger partial charge in [-0.1, -0.05) is 24.3 Å². The smallest absolute Gasteiger partial charge is 0.306 e. The van der Waals surface area contributed by atoms with E-state index in [4.69, 9.17) is 9.47 Å². The van der Waals surface area contributed by atoms with Crippen molar-refractivity contribution >= 4 is 16.9 Å². The summed E-state index contributed by atoms with van der Waals surface area (Å²) in [5.74, 6) is 0.179. The number of hydrogen-bond acceptors (Lipinski definition) is 4. The van der Waals surface area contributed by atoms with Crippen molar-refractivity contribution < 1.29 is 18.7 Å². The second-order valence-corrected chi connectivity index (χ2v) is 9.41. The zero-order valence-electron chi connectivity index (χ0n) is 22.0. The maximum atomic E-state index is 13.1. The molecule has 3 aromatic carbocycles. The highest BCUT2D eigenvalue weighted by molar-refractivity contribution is 5.86. The highest BCUT2D eigenvalue weighted by atomic mass is 19.1. The van der Waals surface area contributed by atoms with Crippen LogP contribution in [0.15, 0.2) is 97.3 Å². The van der Waals surface area contributed by atoms with Gasteiger partial charge in [0.05, 0.1) is 12.1 Å². The molecule has 2 heterocycles. The van der Waals surface area contributed by atoms with Gasteiger partial charge in [-0.05, 0) is 104 Å². The number of aryl methyl sites for hydroxylation is 3. The minimum absolute atomic E-state index is 0.172. The molecule has 0 saturated heterocycles. The molecule has 5 nitrogen and oxygen atoms in total.